The number of hydrogen-bond acceptors (Lipinski definition) is 3. The van der Waals surface area contributed by atoms with Crippen LogP contribution >= 0.6 is 11.6 Å². The number of aryl methyl sites for hydroxylation is 1. The third-order valence-corrected chi connectivity index (χ3v) is 2.32. The number of alkyl halides is 1. The van der Waals surface area contributed by atoms with Crippen LogP contribution in [0, 0.1) is 0 Å². The van der Waals surface area contributed by atoms with Gasteiger partial charge in [-0.15, -0.1) is 11.6 Å². The molecule has 0 aliphatic rings. The van der Waals surface area contributed by atoms with Gasteiger partial charge in [-0.1, -0.05) is 0 Å². The van der Waals surface area contributed by atoms with Gasteiger partial charge in [0.2, 0.25) is 0 Å². The van der Waals surface area contributed by atoms with Crippen LogP contribution in [0.3, 0.4) is 0 Å². The van der Waals surface area contributed by atoms with Crippen molar-refractivity contribution in [2.75, 3.05) is 19.6 Å². The van der Waals surface area contributed by atoms with Crippen molar-refractivity contribution in [1.29, 1.82) is 0 Å². The molecule has 0 aliphatic carbocycles. The van der Waals surface area contributed by atoms with Gasteiger partial charge in [0.1, 0.15) is 5.69 Å². The van der Waals surface area contributed by atoms with Gasteiger partial charge >= 0.3 is 0 Å². The molecular formula is C9H14ClN3O2. The summed E-state index contributed by atoms with van der Waals surface area (Å²) in [5.41, 5.74) is 0.501. The number of nitrogens with zero attached hydrogens (tertiary/aromatic N) is 2. The Labute approximate surface area is 93.4 Å². The lowest BCUT2D eigenvalue weighted by Crippen LogP contribution is -2.40. The van der Waals surface area contributed by atoms with E-state index < -0.39 is 0 Å². The van der Waals surface area contributed by atoms with Crippen molar-refractivity contribution in [3.8, 4) is 0 Å². The number of aromatic nitrogens is 2. The third-order valence-electron chi connectivity index (χ3n) is 1.94. The van der Waals surface area contributed by atoms with E-state index in [9.17, 15) is 4.79 Å². The minimum Gasteiger partial charge on any atom is -0.383 e. The van der Waals surface area contributed by atoms with Crippen LogP contribution in [-0.2, 0) is 11.8 Å². The lowest BCUT2D eigenvalue weighted by atomic mass is 10.3. The fourth-order valence-electron chi connectivity index (χ4n) is 1.18. The van der Waals surface area contributed by atoms with Gasteiger partial charge in [-0.25, -0.2) is 0 Å². The maximum Gasteiger partial charge on any atom is 0.269 e. The maximum atomic E-state index is 11.7. The summed E-state index contributed by atoms with van der Waals surface area (Å²) in [5, 5.41) is 6.66. The van der Waals surface area contributed by atoms with Crippen LogP contribution < -0.4 is 5.32 Å². The van der Waals surface area contributed by atoms with E-state index in [1.54, 1.807) is 26.4 Å². The Morgan fingerprint density at radius 3 is 3.00 bits per heavy atom. The van der Waals surface area contributed by atoms with Crippen LogP contribution in [0.25, 0.3) is 0 Å². The monoisotopic (exact) mass is 231 g/mol. The molecule has 1 aromatic heterocycles. The van der Waals surface area contributed by atoms with Gasteiger partial charge in [0.25, 0.3) is 5.91 Å². The molecule has 84 valence electrons. The van der Waals surface area contributed by atoms with E-state index in [0.29, 0.717) is 18.2 Å². The minimum absolute atomic E-state index is 0.181. The predicted molar refractivity (Wildman–Crippen MR) is 57.1 cm³/mol. The number of carbonyl (C=O) groups excluding carboxylic acids is 1. The molecule has 0 fully saturated rings. The van der Waals surface area contributed by atoms with E-state index >= 15 is 0 Å². The third kappa shape index (κ3) is 3.21. The van der Waals surface area contributed by atoms with Crippen molar-refractivity contribution in [2.24, 2.45) is 7.05 Å². The maximum absolute atomic E-state index is 11.7. The van der Waals surface area contributed by atoms with Gasteiger partial charge in [0.15, 0.2) is 0 Å². The summed E-state index contributed by atoms with van der Waals surface area (Å²) in [6, 6.07) is 1.46. The first kappa shape index (κ1) is 12.0. The molecule has 5 nitrogen and oxygen atoms in total. The van der Waals surface area contributed by atoms with E-state index in [4.69, 9.17) is 16.3 Å². The number of carbonyl (C=O) groups is 1. The number of methoxy groups -OCH3 is 1. The number of hydrogen-bond donors (Lipinski definition) is 1. The van der Waals surface area contributed by atoms with E-state index in [0.717, 1.165) is 0 Å². The first-order chi connectivity index (χ1) is 7.19. The number of halogens is 1. The van der Waals surface area contributed by atoms with Crippen molar-refractivity contribution in [3.63, 3.8) is 0 Å². The van der Waals surface area contributed by atoms with Crippen molar-refractivity contribution in [3.05, 3.63) is 18.0 Å². The van der Waals surface area contributed by atoms with E-state index in [-0.39, 0.29) is 11.9 Å². The van der Waals surface area contributed by atoms with Gasteiger partial charge in [0, 0.05) is 26.2 Å². The fourth-order valence-corrected chi connectivity index (χ4v) is 1.35. The van der Waals surface area contributed by atoms with Gasteiger partial charge < -0.3 is 10.1 Å². The van der Waals surface area contributed by atoms with Crippen LogP contribution in [0.15, 0.2) is 12.3 Å². The quantitative estimate of drug-likeness (QED) is 0.747. The first-order valence-electron chi connectivity index (χ1n) is 4.52. The highest BCUT2D eigenvalue weighted by molar-refractivity contribution is 6.18. The Morgan fingerprint density at radius 1 is 1.80 bits per heavy atom. The molecule has 1 amide bonds. The molecule has 1 heterocycles. The zero-order valence-electron chi connectivity index (χ0n) is 8.74. The molecule has 15 heavy (non-hydrogen) atoms. The summed E-state index contributed by atoms with van der Waals surface area (Å²) in [6.07, 6.45) is 1.57. The van der Waals surface area contributed by atoms with Crippen molar-refractivity contribution in [2.45, 2.75) is 6.04 Å². The number of ether oxygens (including phenoxy) is 1. The number of amides is 1. The van der Waals surface area contributed by atoms with Crippen LogP contribution in [0.4, 0.5) is 0 Å². The van der Waals surface area contributed by atoms with Gasteiger partial charge in [0.05, 0.1) is 12.6 Å². The molecule has 0 bridgehead atoms. The Kier molecular flexibility index (Phi) is 4.58. The first-order valence-corrected chi connectivity index (χ1v) is 5.06. The second-order valence-electron chi connectivity index (χ2n) is 3.12. The fraction of sp³-hybridized carbons (Fsp3) is 0.556. The molecule has 1 unspecified atom stereocenters. The molecular weight excluding hydrogens is 218 g/mol. The Balaban J connectivity index is 2.58. The van der Waals surface area contributed by atoms with E-state index in [2.05, 4.69) is 10.4 Å². The van der Waals surface area contributed by atoms with Crippen molar-refractivity contribution >= 4 is 17.5 Å². The van der Waals surface area contributed by atoms with Crippen molar-refractivity contribution < 1.29 is 9.53 Å². The minimum atomic E-state index is -0.197. The number of rotatable bonds is 5. The Bertz CT molecular complexity index is 327. The molecule has 0 aliphatic heterocycles. The lowest BCUT2D eigenvalue weighted by Gasteiger charge is -2.14. The molecule has 0 saturated heterocycles. The van der Waals surface area contributed by atoms with Crippen LogP contribution in [0.2, 0.25) is 0 Å². The molecule has 0 saturated carbocycles. The second kappa shape index (κ2) is 5.72. The molecule has 1 atom stereocenters. The van der Waals surface area contributed by atoms with E-state index in [1.165, 1.54) is 4.68 Å². The van der Waals surface area contributed by atoms with Crippen molar-refractivity contribution in [1.82, 2.24) is 15.1 Å². The lowest BCUT2D eigenvalue weighted by molar-refractivity contribution is 0.0897. The van der Waals surface area contributed by atoms with E-state index in [1.807, 2.05) is 0 Å². The molecule has 1 aromatic rings. The normalized spacial score (nSPS) is 12.5. The van der Waals surface area contributed by atoms with Gasteiger partial charge in [-0.3, -0.25) is 9.48 Å². The zero-order valence-corrected chi connectivity index (χ0v) is 9.49. The average Bonchev–Trinajstić information content (AvgIpc) is 2.63. The molecule has 0 spiro atoms. The van der Waals surface area contributed by atoms with Crippen LogP contribution in [-0.4, -0.2) is 41.3 Å². The summed E-state index contributed by atoms with van der Waals surface area (Å²) in [6.45, 7) is 0.396. The summed E-state index contributed by atoms with van der Waals surface area (Å²) >= 11 is 5.67. The smallest absolute Gasteiger partial charge is 0.269 e. The van der Waals surface area contributed by atoms with Crippen LogP contribution in [0.1, 0.15) is 10.5 Å². The average molecular weight is 232 g/mol. The second-order valence-corrected chi connectivity index (χ2v) is 3.43. The highest BCUT2D eigenvalue weighted by Gasteiger charge is 2.14. The molecule has 0 radical (unpaired) electrons. The Morgan fingerprint density at radius 2 is 2.53 bits per heavy atom. The summed E-state index contributed by atoms with van der Waals surface area (Å²) in [4.78, 5) is 11.7. The van der Waals surface area contributed by atoms with Gasteiger partial charge in [-0.05, 0) is 6.07 Å². The number of nitrogens with one attached hydrogen (secondary N) is 1. The predicted octanol–water partition coefficient (Wildman–Crippen LogP) is 0.404. The topological polar surface area (TPSA) is 56.1 Å². The summed E-state index contributed by atoms with van der Waals surface area (Å²) in [5.74, 6) is 0.120. The largest absolute Gasteiger partial charge is 0.383 e. The zero-order chi connectivity index (χ0) is 11.3. The van der Waals surface area contributed by atoms with Crippen LogP contribution in [0.5, 0.6) is 0 Å². The molecule has 6 heteroatoms. The summed E-state index contributed by atoms with van der Waals surface area (Å²) < 4.78 is 6.43. The standard InChI is InChI=1S/C9H14ClN3O2/c1-13-8(3-4-11-13)9(14)12-7(5-10)6-15-2/h3-4,7H,5-6H2,1-2H3,(H,12,14). The summed E-state index contributed by atoms with van der Waals surface area (Å²) in [7, 11) is 3.27. The highest BCUT2D eigenvalue weighted by atomic mass is 35.5. The molecule has 0 aromatic carbocycles. The Hall–Kier alpha value is -1.07. The SMILES string of the molecule is COCC(CCl)NC(=O)c1ccnn1C. The molecule has 1 N–H and O–H groups in total. The van der Waals surface area contributed by atoms with Gasteiger partial charge in [-0.2, -0.15) is 5.10 Å². The molecule has 1 rings (SSSR count). The highest BCUT2D eigenvalue weighted by Crippen LogP contribution is 1.98.